The molecule has 1 atom stereocenters. The Morgan fingerprint density at radius 3 is 2.50 bits per heavy atom. The number of hydrogen-bond donors (Lipinski definition) is 1. The summed E-state index contributed by atoms with van der Waals surface area (Å²) in [5, 5.41) is 3.81. The Balaban J connectivity index is 1.41. The molecule has 2 aromatic carbocycles. The summed E-state index contributed by atoms with van der Waals surface area (Å²) >= 11 is 6.01. The van der Waals surface area contributed by atoms with Crippen molar-refractivity contribution in [1.82, 2.24) is 10.2 Å². The first-order valence-corrected chi connectivity index (χ1v) is 11.2. The van der Waals surface area contributed by atoms with E-state index in [1.54, 1.807) is 23.1 Å². The van der Waals surface area contributed by atoms with Crippen molar-refractivity contribution in [2.45, 2.75) is 18.9 Å². The van der Waals surface area contributed by atoms with Gasteiger partial charge in [-0.15, -0.1) is 0 Å². The summed E-state index contributed by atoms with van der Waals surface area (Å²) in [5.74, 6) is 0.957. The predicted molar refractivity (Wildman–Crippen MR) is 120 cm³/mol. The van der Waals surface area contributed by atoms with Crippen molar-refractivity contribution in [2.75, 3.05) is 40.0 Å². The lowest BCUT2D eigenvalue weighted by molar-refractivity contribution is -0.137. The van der Waals surface area contributed by atoms with Gasteiger partial charge in [-0.3, -0.25) is 9.59 Å². The number of nitrogens with zero attached hydrogens (tertiary/aromatic N) is 1. The van der Waals surface area contributed by atoms with Crippen LogP contribution in [0, 0.1) is 5.92 Å². The first-order chi connectivity index (χ1) is 15.5. The maximum Gasteiger partial charge on any atom is 0.260 e. The maximum atomic E-state index is 13.0. The molecule has 170 valence electrons. The van der Waals surface area contributed by atoms with Crippen LogP contribution in [0.25, 0.3) is 0 Å². The van der Waals surface area contributed by atoms with Gasteiger partial charge in [0.15, 0.2) is 18.1 Å². The van der Waals surface area contributed by atoms with Gasteiger partial charge < -0.3 is 24.4 Å². The zero-order valence-electron chi connectivity index (χ0n) is 18.0. The fourth-order valence-corrected chi connectivity index (χ4v) is 3.90. The number of morpholine rings is 1. The van der Waals surface area contributed by atoms with E-state index < -0.39 is 0 Å². The Labute approximate surface area is 192 Å². The number of methoxy groups -OCH3 is 1. The average molecular weight is 459 g/mol. The van der Waals surface area contributed by atoms with Crippen molar-refractivity contribution in [3.63, 3.8) is 0 Å². The third-order valence-electron chi connectivity index (χ3n) is 5.75. The highest BCUT2D eigenvalue weighted by Gasteiger charge is 2.33. The molecule has 1 N–H and O–H groups in total. The Hall–Kier alpha value is -2.77. The van der Waals surface area contributed by atoms with Crippen LogP contribution in [0.1, 0.15) is 34.8 Å². The Bertz CT molecular complexity index is 955. The minimum atomic E-state index is -0.189. The monoisotopic (exact) mass is 458 g/mol. The number of hydrogen-bond acceptors (Lipinski definition) is 5. The van der Waals surface area contributed by atoms with Crippen LogP contribution in [-0.4, -0.2) is 56.7 Å². The number of halogens is 1. The summed E-state index contributed by atoms with van der Waals surface area (Å²) in [6, 6.07) is 12.5. The molecule has 1 aliphatic heterocycles. The summed E-state index contributed by atoms with van der Waals surface area (Å²) in [5.41, 5.74) is 1.51. The third-order valence-corrected chi connectivity index (χ3v) is 6.00. The lowest BCUT2D eigenvalue weighted by Crippen LogP contribution is -2.43. The molecule has 2 aliphatic rings. The smallest absolute Gasteiger partial charge is 0.260 e. The lowest BCUT2D eigenvalue weighted by Gasteiger charge is -2.26. The molecule has 1 aliphatic carbocycles. The van der Waals surface area contributed by atoms with E-state index in [2.05, 4.69) is 5.32 Å². The van der Waals surface area contributed by atoms with E-state index in [0.717, 1.165) is 18.4 Å². The van der Waals surface area contributed by atoms with Gasteiger partial charge in [-0.1, -0.05) is 23.7 Å². The fraction of sp³-hybridized carbons (Fsp3) is 0.417. The number of rotatable bonds is 8. The second-order valence-electron chi connectivity index (χ2n) is 7.99. The second-order valence-corrected chi connectivity index (χ2v) is 8.42. The van der Waals surface area contributed by atoms with Crippen molar-refractivity contribution < 1.29 is 23.8 Å². The first-order valence-electron chi connectivity index (χ1n) is 10.8. The topological polar surface area (TPSA) is 77.1 Å². The van der Waals surface area contributed by atoms with Gasteiger partial charge >= 0.3 is 0 Å². The highest BCUT2D eigenvalue weighted by atomic mass is 35.5. The summed E-state index contributed by atoms with van der Waals surface area (Å²) in [6.45, 7) is 2.11. The molecule has 1 heterocycles. The molecule has 0 unspecified atom stereocenters. The van der Waals surface area contributed by atoms with Crippen molar-refractivity contribution in [2.24, 2.45) is 5.92 Å². The molecular weight excluding hydrogens is 432 g/mol. The second kappa shape index (κ2) is 10.2. The van der Waals surface area contributed by atoms with E-state index in [1.807, 2.05) is 24.3 Å². The van der Waals surface area contributed by atoms with Gasteiger partial charge in [0.05, 0.1) is 26.4 Å². The molecule has 0 bridgehead atoms. The molecular formula is C24H27ClN2O5. The average Bonchev–Trinajstić information content (AvgIpc) is 3.67. The lowest BCUT2D eigenvalue weighted by atomic mass is 10.0. The van der Waals surface area contributed by atoms with Crippen LogP contribution in [0.2, 0.25) is 5.02 Å². The van der Waals surface area contributed by atoms with Crippen molar-refractivity contribution >= 4 is 23.4 Å². The number of benzene rings is 2. The van der Waals surface area contributed by atoms with Gasteiger partial charge in [-0.05, 0) is 54.7 Å². The summed E-state index contributed by atoms with van der Waals surface area (Å²) in [4.78, 5) is 27.0. The van der Waals surface area contributed by atoms with Gasteiger partial charge in [0.2, 0.25) is 0 Å². The van der Waals surface area contributed by atoms with E-state index in [4.69, 9.17) is 25.8 Å². The zero-order chi connectivity index (χ0) is 22.5. The van der Waals surface area contributed by atoms with E-state index in [1.165, 1.54) is 7.11 Å². The Morgan fingerprint density at radius 2 is 1.84 bits per heavy atom. The molecule has 0 aromatic heterocycles. The number of carbonyl (C=O) groups excluding carboxylic acids is 2. The molecule has 1 saturated carbocycles. The number of carbonyl (C=O) groups is 2. The molecule has 2 fully saturated rings. The highest BCUT2D eigenvalue weighted by molar-refractivity contribution is 6.30. The van der Waals surface area contributed by atoms with E-state index in [-0.39, 0.29) is 24.5 Å². The summed E-state index contributed by atoms with van der Waals surface area (Å²) < 4.78 is 16.4. The molecule has 1 saturated heterocycles. The zero-order valence-corrected chi connectivity index (χ0v) is 18.8. The molecule has 32 heavy (non-hydrogen) atoms. The number of nitrogens with one attached hydrogen (secondary N) is 1. The van der Waals surface area contributed by atoms with Crippen LogP contribution in [0.3, 0.4) is 0 Å². The van der Waals surface area contributed by atoms with Crippen LogP contribution in [0.15, 0.2) is 42.5 Å². The van der Waals surface area contributed by atoms with Crippen LogP contribution in [-0.2, 0) is 9.53 Å². The third kappa shape index (κ3) is 5.53. The number of ether oxygens (including phenoxy) is 3. The van der Waals surface area contributed by atoms with Gasteiger partial charge in [0.1, 0.15) is 0 Å². The van der Waals surface area contributed by atoms with Gasteiger partial charge in [-0.2, -0.15) is 0 Å². The fourth-order valence-electron chi connectivity index (χ4n) is 3.77. The first kappa shape index (κ1) is 22.4. The summed E-state index contributed by atoms with van der Waals surface area (Å²) in [6.07, 6.45) is 2.17. The van der Waals surface area contributed by atoms with Gasteiger partial charge in [0, 0.05) is 23.7 Å². The largest absolute Gasteiger partial charge is 0.493 e. The van der Waals surface area contributed by atoms with Crippen molar-refractivity contribution in [3.05, 3.63) is 58.6 Å². The molecule has 4 rings (SSSR count). The van der Waals surface area contributed by atoms with E-state index in [0.29, 0.717) is 54.3 Å². The molecule has 8 heteroatoms. The molecule has 2 aromatic rings. The van der Waals surface area contributed by atoms with Gasteiger partial charge in [0.25, 0.3) is 11.8 Å². The summed E-state index contributed by atoms with van der Waals surface area (Å²) in [7, 11) is 1.51. The SMILES string of the molecule is COc1cc(C(=O)N[C@@H](c2ccc(Cl)cc2)C2CC2)ccc1OCC(=O)N1CCOCC1. The minimum absolute atomic E-state index is 0.0622. The predicted octanol–water partition coefficient (Wildman–Crippen LogP) is 3.47. The standard InChI is InChI=1S/C24H27ClN2O5/c1-30-21-14-18(6-9-20(21)32-15-22(28)27-10-12-31-13-11-27)24(29)26-23(16-2-3-16)17-4-7-19(25)8-5-17/h4-9,14,16,23H,2-3,10-13,15H2,1H3,(H,26,29)/t23-/m1/s1. The highest BCUT2D eigenvalue weighted by Crippen LogP contribution is 2.41. The van der Waals surface area contributed by atoms with Crippen LogP contribution < -0.4 is 14.8 Å². The van der Waals surface area contributed by atoms with Gasteiger partial charge in [-0.25, -0.2) is 0 Å². The molecule has 7 nitrogen and oxygen atoms in total. The maximum absolute atomic E-state index is 13.0. The van der Waals surface area contributed by atoms with E-state index in [9.17, 15) is 9.59 Å². The Morgan fingerprint density at radius 1 is 1.12 bits per heavy atom. The van der Waals surface area contributed by atoms with Crippen LogP contribution in [0.4, 0.5) is 0 Å². The molecule has 0 spiro atoms. The molecule has 0 radical (unpaired) electrons. The normalized spacial score (nSPS) is 16.9. The number of amides is 2. The van der Waals surface area contributed by atoms with E-state index >= 15 is 0 Å². The Kier molecular flexibility index (Phi) is 7.17. The van der Waals surface area contributed by atoms with Crippen molar-refractivity contribution in [3.8, 4) is 11.5 Å². The van der Waals surface area contributed by atoms with Crippen LogP contribution >= 0.6 is 11.6 Å². The minimum Gasteiger partial charge on any atom is -0.493 e. The molecule has 2 amide bonds. The quantitative estimate of drug-likeness (QED) is 0.655. The van der Waals surface area contributed by atoms with Crippen LogP contribution in [0.5, 0.6) is 11.5 Å². The van der Waals surface area contributed by atoms with Crippen molar-refractivity contribution in [1.29, 1.82) is 0 Å².